The van der Waals surface area contributed by atoms with Crippen molar-refractivity contribution in [1.29, 1.82) is 0 Å². The van der Waals surface area contributed by atoms with Gasteiger partial charge in [-0.3, -0.25) is 4.79 Å². The molecule has 6 nitrogen and oxygen atoms in total. The van der Waals surface area contributed by atoms with Gasteiger partial charge in [0.05, 0.1) is 16.4 Å². The number of hydrogen-bond donors (Lipinski definition) is 1. The molecule has 3 aromatic rings. The standard InChI is InChI=1S/C22H27BrClN5O/c1-15(2)9-10-21(30)28(3)12-6-11-25-20-13-19(16-7-4-5-8-18(16)24)27-22-17(23)14-26-29(20)22/h4-5,7-8,13-15,25H,6,9-12H2,1-3H3. The number of nitrogens with one attached hydrogen (secondary N) is 1. The van der Waals surface area contributed by atoms with E-state index < -0.39 is 0 Å². The maximum atomic E-state index is 12.2. The van der Waals surface area contributed by atoms with Crippen molar-refractivity contribution in [2.45, 2.75) is 33.1 Å². The molecule has 8 heteroatoms. The van der Waals surface area contributed by atoms with Crippen LogP contribution in [0.3, 0.4) is 0 Å². The minimum atomic E-state index is 0.201. The van der Waals surface area contributed by atoms with Crippen LogP contribution in [-0.4, -0.2) is 45.5 Å². The number of halogens is 2. The molecule has 0 saturated carbocycles. The third-order valence-electron chi connectivity index (χ3n) is 4.92. The molecule has 0 saturated heterocycles. The van der Waals surface area contributed by atoms with Crippen LogP contribution in [0, 0.1) is 5.92 Å². The molecule has 30 heavy (non-hydrogen) atoms. The summed E-state index contributed by atoms with van der Waals surface area (Å²) in [6.45, 7) is 5.69. The smallest absolute Gasteiger partial charge is 0.222 e. The second-order valence-corrected chi connectivity index (χ2v) is 9.02. The minimum absolute atomic E-state index is 0.201. The van der Waals surface area contributed by atoms with Crippen molar-refractivity contribution >= 4 is 44.9 Å². The summed E-state index contributed by atoms with van der Waals surface area (Å²) in [5.41, 5.74) is 2.36. The Bertz CT molecular complexity index is 1020. The average Bonchev–Trinajstić information content (AvgIpc) is 3.10. The predicted molar refractivity (Wildman–Crippen MR) is 126 cm³/mol. The SMILES string of the molecule is CC(C)CCC(=O)N(C)CCCNc1cc(-c2ccccc2Cl)nc2c(Br)cnn12. The highest BCUT2D eigenvalue weighted by atomic mass is 79.9. The van der Waals surface area contributed by atoms with E-state index in [4.69, 9.17) is 16.6 Å². The Morgan fingerprint density at radius 3 is 2.83 bits per heavy atom. The Labute approximate surface area is 190 Å². The van der Waals surface area contributed by atoms with Gasteiger partial charge < -0.3 is 10.2 Å². The molecule has 0 bridgehead atoms. The third kappa shape index (κ3) is 5.52. The summed E-state index contributed by atoms with van der Waals surface area (Å²) >= 11 is 9.90. The maximum absolute atomic E-state index is 12.2. The summed E-state index contributed by atoms with van der Waals surface area (Å²) < 4.78 is 2.58. The lowest BCUT2D eigenvalue weighted by atomic mass is 10.1. The number of rotatable bonds is 9. The first-order valence-electron chi connectivity index (χ1n) is 10.1. The van der Waals surface area contributed by atoms with E-state index in [2.05, 4.69) is 40.2 Å². The fourth-order valence-corrected chi connectivity index (χ4v) is 3.71. The van der Waals surface area contributed by atoms with Crippen molar-refractivity contribution in [3.63, 3.8) is 0 Å². The summed E-state index contributed by atoms with van der Waals surface area (Å²) in [5.74, 6) is 1.57. The maximum Gasteiger partial charge on any atom is 0.222 e. The molecule has 2 aromatic heterocycles. The largest absolute Gasteiger partial charge is 0.370 e. The first kappa shape index (κ1) is 22.6. The first-order chi connectivity index (χ1) is 14.4. The zero-order valence-corrected chi connectivity index (χ0v) is 19.9. The summed E-state index contributed by atoms with van der Waals surface area (Å²) in [7, 11) is 1.87. The molecule has 0 unspecified atom stereocenters. The van der Waals surface area contributed by atoms with E-state index in [-0.39, 0.29) is 5.91 Å². The zero-order valence-electron chi connectivity index (χ0n) is 17.5. The Balaban J connectivity index is 1.69. The average molecular weight is 493 g/mol. The van der Waals surface area contributed by atoms with E-state index in [1.807, 2.05) is 42.3 Å². The molecule has 3 rings (SSSR count). The minimum Gasteiger partial charge on any atom is -0.370 e. The van der Waals surface area contributed by atoms with Crippen molar-refractivity contribution in [3.8, 4) is 11.3 Å². The number of fused-ring (bicyclic) bond motifs is 1. The Morgan fingerprint density at radius 1 is 1.33 bits per heavy atom. The van der Waals surface area contributed by atoms with Gasteiger partial charge in [-0.25, -0.2) is 4.98 Å². The molecule has 0 radical (unpaired) electrons. The molecule has 0 spiro atoms. The lowest BCUT2D eigenvalue weighted by Crippen LogP contribution is -2.29. The van der Waals surface area contributed by atoms with Crippen LogP contribution in [0.2, 0.25) is 5.02 Å². The lowest BCUT2D eigenvalue weighted by molar-refractivity contribution is -0.130. The van der Waals surface area contributed by atoms with Crippen molar-refractivity contribution < 1.29 is 4.79 Å². The van der Waals surface area contributed by atoms with Crippen LogP contribution in [0.15, 0.2) is 41.0 Å². The highest BCUT2D eigenvalue weighted by Crippen LogP contribution is 2.30. The van der Waals surface area contributed by atoms with Gasteiger partial charge in [0.15, 0.2) is 5.65 Å². The molecule has 0 aliphatic carbocycles. The molecule has 1 aromatic carbocycles. The Hall–Kier alpha value is -2.12. The first-order valence-corrected chi connectivity index (χ1v) is 11.3. The quantitative estimate of drug-likeness (QED) is 0.400. The molecule has 0 fully saturated rings. The molecule has 0 aliphatic heterocycles. The van der Waals surface area contributed by atoms with Crippen LogP contribution in [0.1, 0.15) is 33.1 Å². The van der Waals surface area contributed by atoms with Crippen LogP contribution >= 0.6 is 27.5 Å². The van der Waals surface area contributed by atoms with Crippen LogP contribution in [0.5, 0.6) is 0 Å². The molecule has 1 N–H and O–H groups in total. The van der Waals surface area contributed by atoms with E-state index in [0.717, 1.165) is 40.0 Å². The molecular weight excluding hydrogens is 466 g/mol. The van der Waals surface area contributed by atoms with Crippen molar-refractivity contribution in [2.24, 2.45) is 5.92 Å². The highest BCUT2D eigenvalue weighted by molar-refractivity contribution is 9.10. The molecule has 0 aliphatic rings. The summed E-state index contributed by atoms with van der Waals surface area (Å²) in [4.78, 5) is 18.7. The van der Waals surface area contributed by atoms with Crippen molar-refractivity contribution in [2.75, 3.05) is 25.5 Å². The van der Waals surface area contributed by atoms with E-state index in [1.54, 1.807) is 10.7 Å². The summed E-state index contributed by atoms with van der Waals surface area (Å²) in [5, 5.41) is 8.49. The predicted octanol–water partition coefficient (Wildman–Crippen LogP) is 5.51. The van der Waals surface area contributed by atoms with Crippen LogP contribution in [-0.2, 0) is 4.79 Å². The monoisotopic (exact) mass is 491 g/mol. The number of carbonyl (C=O) groups excluding carboxylic acids is 1. The third-order valence-corrected chi connectivity index (χ3v) is 5.81. The van der Waals surface area contributed by atoms with Gasteiger partial charge >= 0.3 is 0 Å². The molecule has 1 amide bonds. The normalized spacial score (nSPS) is 11.3. The van der Waals surface area contributed by atoms with Gasteiger partial charge in [-0.15, -0.1) is 0 Å². The summed E-state index contributed by atoms with van der Waals surface area (Å²) in [6.07, 6.45) is 4.09. The number of benzene rings is 1. The molecular formula is C22H27BrClN5O. The van der Waals surface area contributed by atoms with E-state index >= 15 is 0 Å². The van der Waals surface area contributed by atoms with Crippen LogP contribution < -0.4 is 5.32 Å². The van der Waals surface area contributed by atoms with E-state index in [9.17, 15) is 4.79 Å². The number of carbonyl (C=O) groups is 1. The van der Waals surface area contributed by atoms with Crippen molar-refractivity contribution in [3.05, 3.63) is 46.0 Å². The molecule has 0 atom stereocenters. The zero-order chi connectivity index (χ0) is 21.7. The van der Waals surface area contributed by atoms with Gasteiger partial charge in [-0.2, -0.15) is 9.61 Å². The Kier molecular flexibility index (Phi) is 7.72. The highest BCUT2D eigenvalue weighted by Gasteiger charge is 2.13. The lowest BCUT2D eigenvalue weighted by Gasteiger charge is -2.18. The number of anilines is 1. The topological polar surface area (TPSA) is 62.5 Å². The van der Waals surface area contributed by atoms with E-state index in [1.165, 1.54) is 0 Å². The van der Waals surface area contributed by atoms with Gasteiger partial charge in [0.25, 0.3) is 0 Å². The van der Waals surface area contributed by atoms with Gasteiger partial charge in [0, 0.05) is 43.2 Å². The second-order valence-electron chi connectivity index (χ2n) is 7.76. The second kappa shape index (κ2) is 10.3. The molecule has 2 heterocycles. The fraction of sp³-hybridized carbons (Fsp3) is 0.409. The number of nitrogens with zero attached hydrogens (tertiary/aromatic N) is 4. The van der Waals surface area contributed by atoms with E-state index in [0.29, 0.717) is 30.5 Å². The van der Waals surface area contributed by atoms with Crippen molar-refractivity contribution in [1.82, 2.24) is 19.5 Å². The summed E-state index contributed by atoms with van der Waals surface area (Å²) in [6, 6.07) is 9.60. The number of amides is 1. The van der Waals surface area contributed by atoms with Gasteiger partial charge in [0.1, 0.15) is 5.82 Å². The van der Waals surface area contributed by atoms with Crippen LogP contribution in [0.25, 0.3) is 16.9 Å². The number of hydrogen-bond acceptors (Lipinski definition) is 4. The fourth-order valence-electron chi connectivity index (χ4n) is 3.13. The number of aromatic nitrogens is 3. The van der Waals surface area contributed by atoms with Gasteiger partial charge in [-0.1, -0.05) is 43.6 Å². The van der Waals surface area contributed by atoms with Gasteiger partial charge in [-0.05, 0) is 40.8 Å². The Morgan fingerprint density at radius 2 is 2.10 bits per heavy atom. The molecule has 160 valence electrons. The van der Waals surface area contributed by atoms with Crippen LogP contribution in [0.4, 0.5) is 5.82 Å². The van der Waals surface area contributed by atoms with Gasteiger partial charge in [0.2, 0.25) is 5.91 Å².